The van der Waals surface area contributed by atoms with Crippen LogP contribution in [0.1, 0.15) is 52.4 Å². The lowest BCUT2D eigenvalue weighted by atomic mass is 9.79. The van der Waals surface area contributed by atoms with Crippen molar-refractivity contribution in [3.05, 3.63) is 54.1 Å². The van der Waals surface area contributed by atoms with Crippen LogP contribution in [0.2, 0.25) is 0 Å². The Bertz CT molecular complexity index is 1180. The molecule has 202 valence electrons. The molecule has 0 aliphatic carbocycles. The quantitative estimate of drug-likeness (QED) is 0.175. The summed E-state index contributed by atoms with van der Waals surface area (Å²) in [5.41, 5.74) is 0.670. The number of aliphatic carboxylic acids is 1. The number of thioether (sulfide) groups is 1. The number of unbranched alkanes of at least 4 members (excludes halogenated alkanes) is 2. The highest BCUT2D eigenvalue weighted by Gasteiger charge is 2.39. The minimum Gasteiger partial charge on any atom is -0.476 e. The van der Waals surface area contributed by atoms with Gasteiger partial charge in [-0.05, 0) is 37.3 Å². The maximum atomic E-state index is 14.4. The first kappa shape index (κ1) is 29.1. The lowest BCUT2D eigenvalue weighted by Crippen LogP contribution is -2.37. The van der Waals surface area contributed by atoms with Gasteiger partial charge >= 0.3 is 5.97 Å². The number of fused-ring (bicyclic) bond motifs is 1. The van der Waals surface area contributed by atoms with Crippen molar-refractivity contribution in [1.82, 2.24) is 0 Å². The van der Waals surface area contributed by atoms with Crippen LogP contribution >= 0.6 is 11.8 Å². The zero-order valence-electron chi connectivity index (χ0n) is 21.2. The van der Waals surface area contributed by atoms with E-state index < -0.39 is 34.2 Å². The Hall–Kier alpha value is -2.46. The Labute approximate surface area is 222 Å². The number of halogens is 3. The molecule has 2 aromatic rings. The molecule has 0 aromatic heterocycles. The molecule has 1 heterocycles. The predicted molar refractivity (Wildman–Crippen MR) is 142 cm³/mol. The minimum absolute atomic E-state index is 0.163. The Morgan fingerprint density at radius 3 is 2.41 bits per heavy atom. The monoisotopic (exact) mass is 555 g/mol. The molecule has 10 heteroatoms. The number of rotatable bonds is 11. The number of benzene rings is 2. The van der Waals surface area contributed by atoms with Crippen LogP contribution in [0.3, 0.4) is 0 Å². The number of ether oxygens (including phenoxy) is 1. The summed E-state index contributed by atoms with van der Waals surface area (Å²) in [6.45, 7) is 4.67. The van der Waals surface area contributed by atoms with Gasteiger partial charge < -0.3 is 14.7 Å². The van der Waals surface area contributed by atoms with E-state index in [1.807, 2.05) is 4.90 Å². The molecule has 1 aliphatic heterocycles. The zero-order valence-corrected chi connectivity index (χ0v) is 22.8. The fourth-order valence-electron chi connectivity index (χ4n) is 4.58. The van der Waals surface area contributed by atoms with E-state index >= 15 is 0 Å². The Morgan fingerprint density at radius 1 is 1.16 bits per heavy atom. The molecule has 0 saturated carbocycles. The molecule has 1 aliphatic rings. The van der Waals surface area contributed by atoms with Gasteiger partial charge in [0.15, 0.2) is 11.6 Å². The molecule has 1 N–H and O–H groups in total. The van der Waals surface area contributed by atoms with Gasteiger partial charge in [0.2, 0.25) is 5.83 Å². The molecule has 5 nitrogen and oxygen atoms in total. The van der Waals surface area contributed by atoms with Gasteiger partial charge in [0, 0.05) is 35.5 Å². The Balaban J connectivity index is 2.21. The van der Waals surface area contributed by atoms with Gasteiger partial charge in [-0.2, -0.15) is 4.39 Å². The molecule has 1 atom stereocenters. The molecule has 0 bridgehead atoms. The van der Waals surface area contributed by atoms with Gasteiger partial charge in [-0.3, -0.25) is 4.21 Å². The summed E-state index contributed by atoms with van der Waals surface area (Å²) in [4.78, 5) is 13.7. The van der Waals surface area contributed by atoms with E-state index in [-0.39, 0.29) is 11.2 Å². The van der Waals surface area contributed by atoms with Crippen molar-refractivity contribution in [1.29, 1.82) is 0 Å². The molecule has 1 unspecified atom stereocenters. The van der Waals surface area contributed by atoms with Crippen LogP contribution < -0.4 is 9.64 Å². The highest BCUT2D eigenvalue weighted by molar-refractivity contribution is 7.98. The first-order valence-corrected chi connectivity index (χ1v) is 14.8. The topological polar surface area (TPSA) is 66.8 Å². The summed E-state index contributed by atoms with van der Waals surface area (Å²) >= 11 is 1.28. The molecule has 0 amide bonds. The number of hydrogen-bond acceptors (Lipinski definition) is 5. The number of carboxylic acids is 1. The fraction of sp³-hybridized carbons (Fsp3) is 0.444. The normalized spacial score (nSPS) is 17.3. The van der Waals surface area contributed by atoms with Crippen molar-refractivity contribution in [2.24, 2.45) is 5.41 Å². The fourth-order valence-corrected chi connectivity index (χ4v) is 6.85. The third-order valence-electron chi connectivity index (χ3n) is 6.54. The average Bonchev–Trinajstić information content (AvgIpc) is 3.00. The van der Waals surface area contributed by atoms with Gasteiger partial charge in [0.25, 0.3) is 0 Å². The zero-order chi connectivity index (χ0) is 27.2. The third kappa shape index (κ3) is 6.90. The maximum Gasteiger partial charge on any atom is 0.368 e. The highest BCUT2D eigenvalue weighted by Crippen LogP contribution is 2.47. The first-order chi connectivity index (χ1) is 17.6. The van der Waals surface area contributed by atoms with E-state index in [1.165, 1.54) is 23.9 Å². The van der Waals surface area contributed by atoms with Crippen molar-refractivity contribution >= 4 is 39.9 Å². The van der Waals surface area contributed by atoms with E-state index in [2.05, 4.69) is 13.8 Å². The number of nitrogens with zero attached hydrogens (tertiary/aromatic N) is 1. The van der Waals surface area contributed by atoms with Crippen molar-refractivity contribution in [3.8, 4) is 5.75 Å². The molecule has 0 saturated heterocycles. The molecule has 3 rings (SSSR count). The van der Waals surface area contributed by atoms with Crippen LogP contribution in [0.5, 0.6) is 5.75 Å². The van der Waals surface area contributed by atoms with Crippen molar-refractivity contribution in [2.45, 2.75) is 62.2 Å². The van der Waals surface area contributed by atoms with E-state index in [1.54, 1.807) is 12.3 Å². The number of hydrogen-bond donors (Lipinski definition) is 1. The van der Waals surface area contributed by atoms with Crippen LogP contribution in [0.4, 0.5) is 24.5 Å². The summed E-state index contributed by atoms with van der Waals surface area (Å²) in [5.74, 6) is -4.62. The van der Waals surface area contributed by atoms with Crippen LogP contribution in [0, 0.1) is 17.0 Å². The van der Waals surface area contributed by atoms with Crippen molar-refractivity contribution < 1.29 is 32.0 Å². The Kier molecular flexibility index (Phi) is 10.1. The SMILES string of the molecule is CCCCC1(CCCC)CN(c2ccc(F)c(F)c2)c2cc(SC)c(O/C=C(\F)C(=O)O)cc2S(=O)C1. The number of carbonyl (C=O) groups is 1. The van der Waals surface area contributed by atoms with Gasteiger partial charge in [-0.15, -0.1) is 11.8 Å². The molecular formula is C27H32F3NO4S2. The largest absolute Gasteiger partial charge is 0.476 e. The third-order valence-corrected chi connectivity index (χ3v) is 8.99. The summed E-state index contributed by atoms with van der Waals surface area (Å²) in [6.07, 6.45) is 7.74. The maximum absolute atomic E-state index is 14.4. The van der Waals surface area contributed by atoms with Gasteiger partial charge in [0.05, 0.1) is 26.3 Å². The molecular weight excluding hydrogens is 523 g/mol. The molecule has 37 heavy (non-hydrogen) atoms. The number of anilines is 2. The lowest BCUT2D eigenvalue weighted by molar-refractivity contribution is -0.134. The van der Waals surface area contributed by atoms with Gasteiger partial charge in [-0.25, -0.2) is 13.6 Å². The summed E-state index contributed by atoms with van der Waals surface area (Å²) in [6, 6.07) is 7.00. The average molecular weight is 556 g/mol. The smallest absolute Gasteiger partial charge is 0.368 e. The van der Waals surface area contributed by atoms with Crippen LogP contribution in [-0.4, -0.2) is 33.8 Å². The van der Waals surface area contributed by atoms with Gasteiger partial charge in [0.1, 0.15) is 12.0 Å². The van der Waals surface area contributed by atoms with Crippen LogP contribution in [0.15, 0.2) is 52.2 Å². The second-order valence-corrected chi connectivity index (χ2v) is 11.5. The van der Waals surface area contributed by atoms with Crippen LogP contribution in [0.25, 0.3) is 0 Å². The number of carboxylic acid groups (broad SMARTS) is 1. The van der Waals surface area contributed by atoms with E-state index in [4.69, 9.17) is 9.84 Å². The van der Waals surface area contributed by atoms with Crippen LogP contribution in [-0.2, 0) is 15.6 Å². The molecule has 0 spiro atoms. The van der Waals surface area contributed by atoms with E-state index in [0.29, 0.717) is 39.7 Å². The van der Waals surface area contributed by atoms with Gasteiger partial charge in [-0.1, -0.05) is 39.5 Å². The Morgan fingerprint density at radius 2 is 1.84 bits per heavy atom. The molecule has 0 fully saturated rings. The van der Waals surface area contributed by atoms with Crippen molar-refractivity contribution in [3.63, 3.8) is 0 Å². The minimum atomic E-state index is -1.76. The standard InChI is InChI=1S/C27H32F3NO4S2/c1-4-6-10-27(11-7-5-2)16-31(18-8-9-19(28)20(29)12-18)22-13-24(36-3)23(14-25(22)37(34)17-27)35-15-21(30)26(32)33/h8-9,12-15H,4-7,10-11,16-17H2,1-3H3,(H,32,33)/b21-15-. The van der Waals surface area contributed by atoms with Crippen molar-refractivity contribution in [2.75, 3.05) is 23.5 Å². The summed E-state index contributed by atoms with van der Waals surface area (Å²) < 4.78 is 61.0. The van der Waals surface area contributed by atoms with E-state index in [9.17, 15) is 22.2 Å². The predicted octanol–water partition coefficient (Wildman–Crippen LogP) is 7.59. The lowest BCUT2D eigenvalue weighted by Gasteiger charge is -2.37. The summed E-state index contributed by atoms with van der Waals surface area (Å²) in [7, 11) is -1.49. The first-order valence-electron chi connectivity index (χ1n) is 12.2. The molecule has 2 aromatic carbocycles. The second kappa shape index (κ2) is 12.9. The summed E-state index contributed by atoms with van der Waals surface area (Å²) in [5, 5.41) is 8.82. The van der Waals surface area contributed by atoms with E-state index in [0.717, 1.165) is 50.7 Å². The highest BCUT2D eigenvalue weighted by atomic mass is 32.2. The second-order valence-electron chi connectivity index (χ2n) is 9.24. The molecule has 0 radical (unpaired) electrons.